The maximum atomic E-state index is 6.48. The summed E-state index contributed by atoms with van der Waals surface area (Å²) in [5, 5.41) is 4.38. The van der Waals surface area contributed by atoms with Crippen LogP contribution in [0, 0.1) is 0 Å². The van der Waals surface area contributed by atoms with Gasteiger partial charge < -0.3 is 15.2 Å². The highest BCUT2D eigenvalue weighted by Gasteiger charge is 2.22. The lowest BCUT2D eigenvalue weighted by molar-refractivity contribution is 0.357. The van der Waals surface area contributed by atoms with Crippen LogP contribution in [-0.4, -0.2) is 23.5 Å². The van der Waals surface area contributed by atoms with Crippen LogP contribution in [0.3, 0.4) is 0 Å². The fourth-order valence-electron chi connectivity index (χ4n) is 2.80. The Morgan fingerprint density at radius 1 is 1.48 bits per heavy atom. The Labute approximate surface area is 124 Å². The predicted octanol–water partition coefficient (Wildman–Crippen LogP) is 2.28. The van der Waals surface area contributed by atoms with Crippen molar-refractivity contribution in [1.82, 2.24) is 9.78 Å². The average molecular weight is 287 g/mol. The van der Waals surface area contributed by atoms with E-state index in [0.717, 1.165) is 48.7 Å². The van der Waals surface area contributed by atoms with Crippen molar-refractivity contribution >= 4 is 0 Å². The SMILES string of the molecule is CCCn1ncc(OC)c1C(N)c1ccc2c(c1)CCO2. The molecule has 1 aromatic carbocycles. The quantitative estimate of drug-likeness (QED) is 0.916. The first-order chi connectivity index (χ1) is 10.2. The maximum absolute atomic E-state index is 6.48. The van der Waals surface area contributed by atoms with Crippen LogP contribution in [0.5, 0.6) is 11.5 Å². The van der Waals surface area contributed by atoms with Crippen molar-refractivity contribution in [1.29, 1.82) is 0 Å². The van der Waals surface area contributed by atoms with Crippen LogP contribution in [0.15, 0.2) is 24.4 Å². The van der Waals surface area contributed by atoms with Crippen LogP contribution >= 0.6 is 0 Å². The summed E-state index contributed by atoms with van der Waals surface area (Å²) in [7, 11) is 1.65. The molecule has 0 saturated carbocycles. The van der Waals surface area contributed by atoms with Crippen LogP contribution in [0.25, 0.3) is 0 Å². The number of methoxy groups -OCH3 is 1. The second kappa shape index (κ2) is 5.77. The van der Waals surface area contributed by atoms with Gasteiger partial charge in [-0.15, -0.1) is 0 Å². The van der Waals surface area contributed by atoms with Gasteiger partial charge in [0.1, 0.15) is 11.4 Å². The number of fused-ring (bicyclic) bond motifs is 1. The number of benzene rings is 1. The Hall–Kier alpha value is -2.01. The van der Waals surface area contributed by atoms with Crippen LogP contribution in [0.4, 0.5) is 0 Å². The van der Waals surface area contributed by atoms with Gasteiger partial charge in [0, 0.05) is 13.0 Å². The van der Waals surface area contributed by atoms with Gasteiger partial charge in [0.15, 0.2) is 5.75 Å². The third-order valence-corrected chi connectivity index (χ3v) is 3.87. The lowest BCUT2D eigenvalue weighted by atomic mass is 10.0. The first kappa shape index (κ1) is 13.9. The summed E-state index contributed by atoms with van der Waals surface area (Å²) in [5.74, 6) is 1.72. The van der Waals surface area contributed by atoms with Crippen molar-refractivity contribution in [2.24, 2.45) is 5.73 Å². The minimum atomic E-state index is -0.250. The van der Waals surface area contributed by atoms with E-state index < -0.39 is 0 Å². The second-order valence-electron chi connectivity index (χ2n) is 5.26. The van der Waals surface area contributed by atoms with E-state index in [9.17, 15) is 0 Å². The molecule has 5 heteroatoms. The number of aryl methyl sites for hydroxylation is 1. The Bertz CT molecular complexity index is 636. The highest BCUT2D eigenvalue weighted by Crippen LogP contribution is 2.32. The highest BCUT2D eigenvalue weighted by molar-refractivity contribution is 5.44. The van der Waals surface area contributed by atoms with Gasteiger partial charge in [-0.3, -0.25) is 4.68 Å². The van der Waals surface area contributed by atoms with Gasteiger partial charge in [-0.1, -0.05) is 19.1 Å². The predicted molar refractivity (Wildman–Crippen MR) is 80.7 cm³/mol. The molecule has 2 heterocycles. The van der Waals surface area contributed by atoms with Crippen LogP contribution in [-0.2, 0) is 13.0 Å². The highest BCUT2D eigenvalue weighted by atomic mass is 16.5. The van der Waals surface area contributed by atoms with E-state index in [0.29, 0.717) is 0 Å². The third-order valence-electron chi connectivity index (χ3n) is 3.87. The molecule has 1 unspecified atom stereocenters. The molecular weight excluding hydrogens is 266 g/mol. The van der Waals surface area contributed by atoms with Crippen molar-refractivity contribution in [3.05, 3.63) is 41.2 Å². The Morgan fingerprint density at radius 3 is 3.10 bits per heavy atom. The van der Waals surface area contributed by atoms with Crippen molar-refractivity contribution in [2.45, 2.75) is 32.4 Å². The van der Waals surface area contributed by atoms with E-state index in [4.69, 9.17) is 15.2 Å². The number of hydrogen-bond donors (Lipinski definition) is 1. The standard InChI is InChI=1S/C16H21N3O2/c1-3-7-19-16(14(20-2)10-18-19)15(17)12-4-5-13-11(9-12)6-8-21-13/h4-5,9-10,15H,3,6-8,17H2,1-2H3. The molecular formula is C16H21N3O2. The lowest BCUT2D eigenvalue weighted by Crippen LogP contribution is -2.18. The molecule has 1 aliphatic rings. The third kappa shape index (κ3) is 2.49. The number of hydrogen-bond acceptors (Lipinski definition) is 4. The fraction of sp³-hybridized carbons (Fsp3) is 0.438. The van der Waals surface area contributed by atoms with Crippen molar-refractivity contribution in [3.8, 4) is 11.5 Å². The molecule has 0 spiro atoms. The Morgan fingerprint density at radius 2 is 2.33 bits per heavy atom. The Balaban J connectivity index is 1.97. The molecule has 1 aromatic heterocycles. The zero-order valence-electron chi connectivity index (χ0n) is 12.5. The summed E-state index contributed by atoms with van der Waals surface area (Å²) >= 11 is 0. The molecule has 0 fully saturated rings. The zero-order valence-corrected chi connectivity index (χ0v) is 12.5. The summed E-state index contributed by atoms with van der Waals surface area (Å²) in [4.78, 5) is 0. The second-order valence-corrected chi connectivity index (χ2v) is 5.26. The van der Waals surface area contributed by atoms with Crippen LogP contribution in [0.2, 0.25) is 0 Å². The largest absolute Gasteiger partial charge is 0.493 e. The summed E-state index contributed by atoms with van der Waals surface area (Å²) < 4.78 is 12.9. The number of aromatic nitrogens is 2. The molecule has 2 aromatic rings. The number of nitrogens with zero attached hydrogens (tertiary/aromatic N) is 2. The molecule has 112 valence electrons. The van der Waals surface area contributed by atoms with E-state index in [2.05, 4.69) is 18.1 Å². The summed E-state index contributed by atoms with van der Waals surface area (Å²) in [6.45, 7) is 3.71. The van der Waals surface area contributed by atoms with E-state index in [1.807, 2.05) is 16.8 Å². The first-order valence-electron chi connectivity index (χ1n) is 7.35. The van der Waals surface area contributed by atoms with Gasteiger partial charge in [-0.2, -0.15) is 5.10 Å². The van der Waals surface area contributed by atoms with Gasteiger partial charge in [0.2, 0.25) is 0 Å². The van der Waals surface area contributed by atoms with Gasteiger partial charge >= 0.3 is 0 Å². The molecule has 2 N–H and O–H groups in total. The zero-order chi connectivity index (χ0) is 14.8. The lowest BCUT2D eigenvalue weighted by Gasteiger charge is -2.16. The topological polar surface area (TPSA) is 62.3 Å². The molecule has 3 rings (SSSR count). The number of rotatable bonds is 5. The maximum Gasteiger partial charge on any atom is 0.161 e. The molecule has 0 aliphatic carbocycles. The van der Waals surface area contributed by atoms with Crippen molar-refractivity contribution < 1.29 is 9.47 Å². The number of nitrogens with two attached hydrogens (primary N) is 1. The minimum absolute atomic E-state index is 0.250. The van der Waals surface area contributed by atoms with Gasteiger partial charge in [-0.05, 0) is 23.6 Å². The summed E-state index contributed by atoms with van der Waals surface area (Å²) in [6, 6.07) is 5.91. The molecule has 1 atom stereocenters. The first-order valence-corrected chi connectivity index (χ1v) is 7.35. The monoisotopic (exact) mass is 287 g/mol. The molecule has 0 amide bonds. The smallest absolute Gasteiger partial charge is 0.161 e. The minimum Gasteiger partial charge on any atom is -0.493 e. The average Bonchev–Trinajstić information content (AvgIpc) is 3.12. The van der Waals surface area contributed by atoms with Crippen LogP contribution in [0.1, 0.15) is 36.2 Å². The van der Waals surface area contributed by atoms with Gasteiger partial charge in [0.05, 0.1) is 26.0 Å². The van der Waals surface area contributed by atoms with E-state index >= 15 is 0 Å². The van der Waals surface area contributed by atoms with Gasteiger partial charge in [-0.25, -0.2) is 0 Å². The molecule has 0 bridgehead atoms. The van der Waals surface area contributed by atoms with Crippen molar-refractivity contribution in [2.75, 3.05) is 13.7 Å². The molecule has 21 heavy (non-hydrogen) atoms. The van der Waals surface area contributed by atoms with Crippen LogP contribution < -0.4 is 15.2 Å². The molecule has 1 aliphatic heterocycles. The molecule has 0 saturated heterocycles. The van der Waals surface area contributed by atoms with Gasteiger partial charge in [0.25, 0.3) is 0 Å². The van der Waals surface area contributed by atoms with E-state index in [1.54, 1.807) is 13.3 Å². The molecule has 5 nitrogen and oxygen atoms in total. The normalized spacial score (nSPS) is 14.6. The van der Waals surface area contributed by atoms with Crippen molar-refractivity contribution in [3.63, 3.8) is 0 Å². The van der Waals surface area contributed by atoms with E-state index in [-0.39, 0.29) is 6.04 Å². The Kier molecular flexibility index (Phi) is 3.84. The summed E-state index contributed by atoms with van der Waals surface area (Å²) in [5.41, 5.74) is 9.70. The fourth-order valence-corrected chi connectivity index (χ4v) is 2.80. The number of ether oxygens (including phenoxy) is 2. The summed E-state index contributed by atoms with van der Waals surface area (Å²) in [6.07, 6.45) is 3.69. The molecule has 0 radical (unpaired) electrons. The van der Waals surface area contributed by atoms with E-state index in [1.165, 1.54) is 5.56 Å².